The maximum atomic E-state index is 6.12. The monoisotopic (exact) mass is 360 g/mol. The predicted octanol–water partition coefficient (Wildman–Crippen LogP) is 6.80. The van der Waals surface area contributed by atoms with E-state index in [1.54, 1.807) is 0 Å². The van der Waals surface area contributed by atoms with Crippen LogP contribution in [0.1, 0.15) is 0 Å². The molecule has 0 atom stereocenters. The zero-order valence-electron chi connectivity index (χ0n) is 15.0. The van der Waals surface area contributed by atoms with Gasteiger partial charge in [0.05, 0.1) is 11.0 Å². The number of imidazole rings is 1. The lowest BCUT2D eigenvalue weighted by Gasteiger charge is -2.05. The summed E-state index contributed by atoms with van der Waals surface area (Å²) < 4.78 is 6.12. The minimum absolute atomic E-state index is 0.739. The van der Waals surface area contributed by atoms with E-state index in [2.05, 4.69) is 53.5 Å². The minimum Gasteiger partial charge on any atom is -0.453 e. The maximum Gasteiger partial charge on any atom is 0.174 e. The molecule has 6 rings (SSSR count). The zero-order valence-corrected chi connectivity index (χ0v) is 15.0. The predicted molar refractivity (Wildman–Crippen MR) is 114 cm³/mol. The Hall–Kier alpha value is -3.85. The van der Waals surface area contributed by atoms with Crippen LogP contribution in [0.4, 0.5) is 0 Å². The van der Waals surface area contributed by atoms with Gasteiger partial charge in [0, 0.05) is 16.3 Å². The van der Waals surface area contributed by atoms with Gasteiger partial charge in [0.1, 0.15) is 5.76 Å². The Morgan fingerprint density at radius 2 is 1.18 bits per heavy atom. The second-order valence-corrected chi connectivity index (χ2v) is 6.93. The van der Waals surface area contributed by atoms with Crippen molar-refractivity contribution in [2.75, 3.05) is 0 Å². The first kappa shape index (κ1) is 15.2. The van der Waals surface area contributed by atoms with Gasteiger partial charge in [-0.15, -0.1) is 0 Å². The van der Waals surface area contributed by atoms with Crippen LogP contribution in [0.25, 0.3) is 55.5 Å². The summed E-state index contributed by atoms with van der Waals surface area (Å²) in [5.74, 6) is 2.33. The Morgan fingerprint density at radius 3 is 1.96 bits per heavy atom. The number of rotatable bonds is 2. The van der Waals surface area contributed by atoms with E-state index >= 15 is 0 Å². The first-order valence-corrected chi connectivity index (χ1v) is 9.33. The molecule has 28 heavy (non-hydrogen) atoms. The third-order valence-corrected chi connectivity index (χ3v) is 5.27. The number of benzene rings is 4. The molecule has 3 nitrogen and oxygen atoms in total. The molecule has 2 heterocycles. The molecule has 0 aliphatic rings. The molecule has 0 fully saturated rings. The van der Waals surface area contributed by atoms with Crippen molar-refractivity contribution in [2.45, 2.75) is 0 Å². The van der Waals surface area contributed by atoms with E-state index in [0.29, 0.717) is 0 Å². The molecule has 132 valence electrons. The highest BCUT2D eigenvalue weighted by Crippen LogP contribution is 2.36. The van der Waals surface area contributed by atoms with E-state index in [0.717, 1.165) is 39.3 Å². The van der Waals surface area contributed by atoms with Crippen molar-refractivity contribution in [1.82, 2.24) is 9.97 Å². The molecule has 6 aromatic rings. The fraction of sp³-hybridized carbons (Fsp3) is 0. The van der Waals surface area contributed by atoms with Crippen LogP contribution in [0.2, 0.25) is 0 Å². The summed E-state index contributed by atoms with van der Waals surface area (Å²) in [6, 6.07) is 31.0. The molecule has 0 radical (unpaired) electrons. The van der Waals surface area contributed by atoms with E-state index in [4.69, 9.17) is 9.40 Å². The van der Waals surface area contributed by atoms with Gasteiger partial charge < -0.3 is 9.40 Å². The van der Waals surface area contributed by atoms with Gasteiger partial charge in [-0.1, -0.05) is 78.9 Å². The Labute approximate surface area is 161 Å². The number of aromatic nitrogens is 2. The molecule has 1 N–H and O–H groups in total. The van der Waals surface area contributed by atoms with Crippen molar-refractivity contribution in [1.29, 1.82) is 0 Å². The number of furan rings is 1. The first-order chi connectivity index (χ1) is 13.9. The van der Waals surface area contributed by atoms with Crippen LogP contribution >= 0.6 is 0 Å². The average Bonchev–Trinajstić information content (AvgIpc) is 3.42. The molecular formula is C25H16N2O. The fourth-order valence-corrected chi connectivity index (χ4v) is 3.96. The summed E-state index contributed by atoms with van der Waals surface area (Å²) in [6.45, 7) is 0. The summed E-state index contributed by atoms with van der Waals surface area (Å²) in [6.07, 6.45) is 0. The van der Waals surface area contributed by atoms with Crippen LogP contribution in [0.3, 0.4) is 0 Å². The third-order valence-electron chi connectivity index (χ3n) is 5.27. The van der Waals surface area contributed by atoms with Crippen LogP contribution in [-0.4, -0.2) is 9.97 Å². The molecular weight excluding hydrogens is 344 g/mol. The molecule has 0 amide bonds. The molecule has 3 heteroatoms. The van der Waals surface area contributed by atoms with Crippen molar-refractivity contribution in [3.8, 4) is 22.9 Å². The highest BCUT2D eigenvalue weighted by atomic mass is 16.3. The van der Waals surface area contributed by atoms with Crippen molar-refractivity contribution >= 4 is 32.6 Å². The van der Waals surface area contributed by atoms with Crippen molar-refractivity contribution in [3.05, 3.63) is 91.0 Å². The quantitative estimate of drug-likeness (QED) is 0.345. The number of H-pyrrole nitrogens is 1. The molecule has 0 bridgehead atoms. The highest BCUT2D eigenvalue weighted by molar-refractivity contribution is 6.23. The second-order valence-electron chi connectivity index (χ2n) is 6.93. The molecule has 0 saturated heterocycles. The lowest BCUT2D eigenvalue weighted by Crippen LogP contribution is -1.81. The summed E-state index contributed by atoms with van der Waals surface area (Å²) >= 11 is 0. The molecule has 0 aliphatic carbocycles. The van der Waals surface area contributed by atoms with E-state index in [1.807, 2.05) is 42.5 Å². The SMILES string of the molecule is c1ccc(-c2ccc(-c3nc4c5ccccc5c5ccccc5c4[nH]3)o2)cc1. The second kappa shape index (κ2) is 5.83. The third kappa shape index (κ3) is 2.20. The topological polar surface area (TPSA) is 41.8 Å². The molecule has 0 unspecified atom stereocenters. The van der Waals surface area contributed by atoms with E-state index < -0.39 is 0 Å². The van der Waals surface area contributed by atoms with Crippen LogP contribution < -0.4 is 0 Å². The molecule has 2 aromatic heterocycles. The summed E-state index contributed by atoms with van der Waals surface area (Å²) in [5.41, 5.74) is 3.07. The minimum atomic E-state index is 0.739. The van der Waals surface area contributed by atoms with E-state index in [9.17, 15) is 0 Å². The van der Waals surface area contributed by atoms with Gasteiger partial charge in [-0.3, -0.25) is 0 Å². The first-order valence-electron chi connectivity index (χ1n) is 9.33. The summed E-state index contributed by atoms with van der Waals surface area (Å²) in [4.78, 5) is 8.43. The Morgan fingerprint density at radius 1 is 0.571 bits per heavy atom. The van der Waals surface area contributed by atoms with Crippen LogP contribution in [-0.2, 0) is 0 Å². The van der Waals surface area contributed by atoms with Gasteiger partial charge >= 0.3 is 0 Å². The van der Waals surface area contributed by atoms with Gasteiger partial charge in [0.2, 0.25) is 0 Å². The standard InChI is InChI=1S/C25H16N2O/c1-2-8-16(9-3-1)21-14-15-22(28-21)25-26-23-19-12-6-4-10-17(19)18-11-5-7-13-20(18)24(23)27-25/h1-15H,(H,26,27). The highest BCUT2D eigenvalue weighted by Gasteiger charge is 2.15. The van der Waals surface area contributed by atoms with Gasteiger partial charge in [-0.05, 0) is 22.9 Å². The zero-order chi connectivity index (χ0) is 18.5. The molecule has 0 spiro atoms. The fourth-order valence-electron chi connectivity index (χ4n) is 3.96. The largest absolute Gasteiger partial charge is 0.453 e. The number of fused-ring (bicyclic) bond motifs is 6. The van der Waals surface area contributed by atoms with Gasteiger partial charge in [0.15, 0.2) is 11.6 Å². The van der Waals surface area contributed by atoms with Crippen LogP contribution in [0, 0.1) is 0 Å². The average molecular weight is 360 g/mol. The van der Waals surface area contributed by atoms with E-state index in [1.165, 1.54) is 16.2 Å². The van der Waals surface area contributed by atoms with Gasteiger partial charge in [-0.25, -0.2) is 4.98 Å². The molecule has 4 aromatic carbocycles. The Balaban J connectivity index is 1.61. The van der Waals surface area contributed by atoms with Crippen molar-refractivity contribution in [2.24, 2.45) is 0 Å². The number of nitrogens with zero attached hydrogens (tertiary/aromatic N) is 1. The number of aromatic amines is 1. The van der Waals surface area contributed by atoms with Gasteiger partial charge in [0.25, 0.3) is 0 Å². The smallest absolute Gasteiger partial charge is 0.174 e. The Bertz CT molecular complexity index is 1390. The molecule has 0 aliphatic heterocycles. The van der Waals surface area contributed by atoms with Crippen molar-refractivity contribution in [3.63, 3.8) is 0 Å². The lowest BCUT2D eigenvalue weighted by atomic mass is 10.0. The lowest BCUT2D eigenvalue weighted by molar-refractivity contribution is 0.593. The van der Waals surface area contributed by atoms with Crippen LogP contribution in [0.5, 0.6) is 0 Å². The summed E-state index contributed by atoms with van der Waals surface area (Å²) in [7, 11) is 0. The molecule has 0 saturated carbocycles. The van der Waals surface area contributed by atoms with Gasteiger partial charge in [-0.2, -0.15) is 0 Å². The normalized spacial score (nSPS) is 11.6. The number of hydrogen-bond donors (Lipinski definition) is 1. The number of hydrogen-bond acceptors (Lipinski definition) is 2. The van der Waals surface area contributed by atoms with Crippen LogP contribution in [0.15, 0.2) is 95.4 Å². The van der Waals surface area contributed by atoms with Crippen molar-refractivity contribution < 1.29 is 4.42 Å². The Kier molecular flexibility index (Phi) is 3.17. The summed E-state index contributed by atoms with van der Waals surface area (Å²) in [5, 5.41) is 4.76. The number of nitrogens with one attached hydrogen (secondary N) is 1. The van der Waals surface area contributed by atoms with E-state index in [-0.39, 0.29) is 0 Å². The maximum absolute atomic E-state index is 6.12.